The van der Waals surface area contributed by atoms with Gasteiger partial charge in [0.05, 0.1) is 19.0 Å². The molecule has 1 N–H and O–H groups in total. The number of aromatic nitrogens is 4. The first-order valence-electron chi connectivity index (χ1n) is 8.61. The summed E-state index contributed by atoms with van der Waals surface area (Å²) in [6, 6.07) is 4.01. The van der Waals surface area contributed by atoms with E-state index < -0.39 is 5.97 Å². The molecule has 0 atom stereocenters. The van der Waals surface area contributed by atoms with Gasteiger partial charge in [-0.05, 0) is 19.1 Å². The fraction of sp³-hybridized carbons (Fsp3) is 0.529. The van der Waals surface area contributed by atoms with Crippen LogP contribution in [-0.4, -0.2) is 63.8 Å². The van der Waals surface area contributed by atoms with Crippen LogP contribution >= 0.6 is 11.8 Å². The number of ether oxygens (including phenoxy) is 2. The van der Waals surface area contributed by atoms with E-state index >= 15 is 0 Å². The van der Waals surface area contributed by atoms with E-state index in [1.165, 1.54) is 11.8 Å². The summed E-state index contributed by atoms with van der Waals surface area (Å²) in [5.41, 5.74) is 1.12. The maximum atomic E-state index is 11.9. The summed E-state index contributed by atoms with van der Waals surface area (Å²) >= 11 is 1.27. The van der Waals surface area contributed by atoms with Crippen molar-refractivity contribution >= 4 is 23.6 Å². The molecule has 0 aliphatic carbocycles. The molecule has 148 valence electrons. The first-order chi connectivity index (χ1) is 13.0. The fourth-order valence-electron chi connectivity index (χ4n) is 2.37. The lowest BCUT2D eigenvalue weighted by molar-refractivity contribution is -0.143. The topological polar surface area (TPSA) is 100 Å². The molecule has 0 unspecified atom stereocenters. The largest absolute Gasteiger partial charge is 0.465 e. The van der Waals surface area contributed by atoms with E-state index in [-0.39, 0.29) is 24.8 Å². The van der Waals surface area contributed by atoms with Crippen LogP contribution in [0.4, 0.5) is 0 Å². The highest BCUT2D eigenvalue weighted by Gasteiger charge is 2.16. The number of hydrogen-bond acceptors (Lipinski definition) is 7. The summed E-state index contributed by atoms with van der Waals surface area (Å²) in [6.07, 6.45) is 2.62. The fourth-order valence-corrected chi connectivity index (χ4v) is 3.18. The standard InChI is InChI=1S/C17H25N5O4S/c1-4-26-16(24)11-18-15(23)12-27-17-20-19-14(22(17)8-9-25-3)10-13-6-5-7-21(13)2/h5-7H,4,8-12H2,1-3H3,(H,18,23). The number of amides is 1. The first-order valence-corrected chi connectivity index (χ1v) is 9.60. The second kappa shape index (κ2) is 10.7. The minimum atomic E-state index is -0.455. The van der Waals surface area contributed by atoms with Crippen molar-refractivity contribution in [3.63, 3.8) is 0 Å². The summed E-state index contributed by atoms with van der Waals surface area (Å²) < 4.78 is 13.9. The van der Waals surface area contributed by atoms with Crippen molar-refractivity contribution in [2.24, 2.45) is 7.05 Å². The number of carbonyl (C=O) groups is 2. The molecule has 2 heterocycles. The Bertz CT molecular complexity index is 758. The molecule has 0 spiro atoms. The number of hydrogen-bond donors (Lipinski definition) is 1. The van der Waals surface area contributed by atoms with Crippen LogP contribution in [0.15, 0.2) is 23.5 Å². The second-order valence-corrected chi connectivity index (χ2v) is 6.64. The monoisotopic (exact) mass is 395 g/mol. The third-order valence-corrected chi connectivity index (χ3v) is 4.74. The molecule has 2 aromatic heterocycles. The van der Waals surface area contributed by atoms with Gasteiger partial charge in [0.25, 0.3) is 0 Å². The van der Waals surface area contributed by atoms with Gasteiger partial charge < -0.3 is 23.9 Å². The number of esters is 1. The van der Waals surface area contributed by atoms with Crippen molar-refractivity contribution in [1.29, 1.82) is 0 Å². The number of carbonyl (C=O) groups excluding carboxylic acids is 2. The van der Waals surface area contributed by atoms with Crippen LogP contribution in [0, 0.1) is 0 Å². The number of thioether (sulfide) groups is 1. The van der Waals surface area contributed by atoms with Gasteiger partial charge >= 0.3 is 5.97 Å². The van der Waals surface area contributed by atoms with Crippen molar-refractivity contribution < 1.29 is 19.1 Å². The average molecular weight is 395 g/mol. The number of methoxy groups -OCH3 is 1. The van der Waals surface area contributed by atoms with E-state index in [0.29, 0.717) is 24.7 Å². The maximum absolute atomic E-state index is 11.9. The van der Waals surface area contributed by atoms with Crippen LogP contribution < -0.4 is 5.32 Å². The number of aryl methyl sites for hydroxylation is 1. The predicted octanol–water partition coefficient (Wildman–Crippen LogP) is 0.625. The molecular weight excluding hydrogens is 370 g/mol. The lowest BCUT2D eigenvalue weighted by Crippen LogP contribution is -2.31. The molecule has 0 aliphatic heterocycles. The van der Waals surface area contributed by atoms with E-state index in [4.69, 9.17) is 9.47 Å². The third-order valence-electron chi connectivity index (χ3n) is 3.77. The molecule has 0 fully saturated rings. The normalized spacial score (nSPS) is 10.8. The zero-order chi connectivity index (χ0) is 19.6. The number of nitrogens with one attached hydrogen (secondary N) is 1. The molecule has 0 aromatic carbocycles. The van der Waals surface area contributed by atoms with Crippen LogP contribution in [0.5, 0.6) is 0 Å². The molecule has 0 aliphatic rings. The van der Waals surface area contributed by atoms with Gasteiger partial charge in [0.1, 0.15) is 12.4 Å². The van der Waals surface area contributed by atoms with Gasteiger partial charge in [0.15, 0.2) is 5.16 Å². The van der Waals surface area contributed by atoms with Gasteiger partial charge in [-0.15, -0.1) is 10.2 Å². The lowest BCUT2D eigenvalue weighted by Gasteiger charge is -2.10. The van der Waals surface area contributed by atoms with Crippen LogP contribution in [0.2, 0.25) is 0 Å². The molecule has 2 aromatic rings. The smallest absolute Gasteiger partial charge is 0.325 e. The van der Waals surface area contributed by atoms with Crippen LogP contribution in [0.3, 0.4) is 0 Å². The zero-order valence-corrected chi connectivity index (χ0v) is 16.6. The second-order valence-electron chi connectivity index (χ2n) is 5.70. The van der Waals surface area contributed by atoms with Crippen molar-refractivity contribution in [3.05, 3.63) is 29.8 Å². The molecule has 0 radical (unpaired) electrons. The van der Waals surface area contributed by atoms with E-state index in [1.807, 2.05) is 34.5 Å². The maximum Gasteiger partial charge on any atom is 0.325 e. The highest BCUT2D eigenvalue weighted by Crippen LogP contribution is 2.19. The van der Waals surface area contributed by atoms with Crippen LogP contribution in [-0.2, 0) is 39.1 Å². The van der Waals surface area contributed by atoms with Gasteiger partial charge in [-0.25, -0.2) is 0 Å². The quantitative estimate of drug-likeness (QED) is 0.440. The summed E-state index contributed by atoms with van der Waals surface area (Å²) in [6.45, 7) is 2.98. The van der Waals surface area contributed by atoms with Gasteiger partial charge in [0, 0.05) is 39.0 Å². The average Bonchev–Trinajstić information content (AvgIpc) is 3.23. The SMILES string of the molecule is CCOC(=O)CNC(=O)CSc1nnc(Cc2cccn2C)n1CCOC. The molecular formula is C17H25N5O4S. The molecule has 1 amide bonds. The molecule has 0 saturated heterocycles. The van der Waals surface area contributed by atoms with Crippen molar-refractivity contribution in [1.82, 2.24) is 24.6 Å². The molecule has 9 nitrogen and oxygen atoms in total. The Labute approximate surface area is 162 Å². The van der Waals surface area contributed by atoms with E-state index in [1.54, 1.807) is 14.0 Å². The van der Waals surface area contributed by atoms with E-state index in [2.05, 4.69) is 15.5 Å². The Kier molecular flexibility index (Phi) is 8.34. The highest BCUT2D eigenvalue weighted by molar-refractivity contribution is 7.99. The Hall–Kier alpha value is -2.33. The summed E-state index contributed by atoms with van der Waals surface area (Å²) in [7, 11) is 3.62. The van der Waals surface area contributed by atoms with E-state index in [0.717, 1.165) is 11.5 Å². The molecule has 27 heavy (non-hydrogen) atoms. The molecule has 0 saturated carbocycles. The Balaban J connectivity index is 1.98. The third kappa shape index (κ3) is 6.40. The number of rotatable bonds is 11. The van der Waals surface area contributed by atoms with Crippen molar-refractivity contribution in [2.75, 3.05) is 32.6 Å². The molecule has 0 bridgehead atoms. The minimum absolute atomic E-state index is 0.134. The Morgan fingerprint density at radius 1 is 1.33 bits per heavy atom. The molecule has 10 heteroatoms. The number of nitrogens with zero attached hydrogens (tertiary/aromatic N) is 4. The summed E-state index contributed by atoms with van der Waals surface area (Å²) in [4.78, 5) is 23.2. The van der Waals surface area contributed by atoms with Gasteiger partial charge in [-0.3, -0.25) is 9.59 Å². The first kappa shape index (κ1) is 21.0. The Morgan fingerprint density at radius 2 is 2.15 bits per heavy atom. The summed E-state index contributed by atoms with van der Waals surface area (Å²) in [5.74, 6) is 0.222. The van der Waals surface area contributed by atoms with Gasteiger partial charge in [0.2, 0.25) is 5.91 Å². The minimum Gasteiger partial charge on any atom is -0.465 e. The summed E-state index contributed by atoms with van der Waals surface area (Å²) in [5, 5.41) is 11.7. The van der Waals surface area contributed by atoms with Gasteiger partial charge in [-0.2, -0.15) is 0 Å². The predicted molar refractivity (Wildman–Crippen MR) is 100 cm³/mol. The molecule has 2 rings (SSSR count). The van der Waals surface area contributed by atoms with Crippen molar-refractivity contribution in [2.45, 2.75) is 25.0 Å². The highest BCUT2D eigenvalue weighted by atomic mass is 32.2. The zero-order valence-electron chi connectivity index (χ0n) is 15.8. The Morgan fingerprint density at radius 3 is 2.81 bits per heavy atom. The van der Waals surface area contributed by atoms with Crippen LogP contribution in [0.1, 0.15) is 18.4 Å². The van der Waals surface area contributed by atoms with Crippen LogP contribution in [0.25, 0.3) is 0 Å². The van der Waals surface area contributed by atoms with Gasteiger partial charge in [-0.1, -0.05) is 11.8 Å². The van der Waals surface area contributed by atoms with Crippen molar-refractivity contribution in [3.8, 4) is 0 Å². The lowest BCUT2D eigenvalue weighted by atomic mass is 10.3. The van der Waals surface area contributed by atoms with E-state index in [9.17, 15) is 9.59 Å².